The summed E-state index contributed by atoms with van der Waals surface area (Å²) in [7, 11) is -1.55. The topological polar surface area (TPSA) is 48.4 Å². The molecule has 0 spiro atoms. The zero-order valence-corrected chi connectivity index (χ0v) is 16.7. The molecule has 26 heavy (non-hydrogen) atoms. The summed E-state index contributed by atoms with van der Waals surface area (Å²) in [5.41, 5.74) is 1.54. The molecular formula is C21H27NO3Si. The fourth-order valence-electron chi connectivity index (χ4n) is 2.33. The van der Waals surface area contributed by atoms with Crippen LogP contribution in [0.15, 0.2) is 66.9 Å². The van der Waals surface area contributed by atoms with E-state index in [9.17, 15) is 4.79 Å². The van der Waals surface area contributed by atoms with Gasteiger partial charge in [-0.2, -0.15) is 0 Å². The summed E-state index contributed by atoms with van der Waals surface area (Å²) in [6, 6.07) is 15.4. The number of carbonyl (C=O) groups excluding carboxylic acids is 1. The lowest BCUT2D eigenvalue weighted by atomic mass is 10.1. The molecule has 1 heterocycles. The molecule has 138 valence electrons. The molecule has 2 rings (SSSR count). The Morgan fingerprint density at radius 1 is 1.12 bits per heavy atom. The molecule has 1 aromatic carbocycles. The third-order valence-electron chi connectivity index (χ3n) is 3.66. The minimum absolute atomic E-state index is 0.310. The van der Waals surface area contributed by atoms with Crippen molar-refractivity contribution in [2.24, 2.45) is 0 Å². The van der Waals surface area contributed by atoms with E-state index < -0.39 is 14.3 Å². The number of carbonyl (C=O) groups is 1. The molecule has 0 amide bonds. The number of hydrogen-bond donors (Lipinski definition) is 0. The van der Waals surface area contributed by atoms with E-state index >= 15 is 0 Å². The number of aromatic nitrogens is 1. The molecule has 0 N–H and O–H groups in total. The lowest BCUT2D eigenvalue weighted by molar-refractivity contribution is 0.0373. The zero-order chi connectivity index (χ0) is 18.8. The van der Waals surface area contributed by atoms with Crippen molar-refractivity contribution >= 4 is 14.3 Å². The monoisotopic (exact) mass is 369 g/mol. The number of benzene rings is 1. The molecule has 0 fully saturated rings. The van der Waals surface area contributed by atoms with Crippen LogP contribution in [0.5, 0.6) is 0 Å². The maximum absolute atomic E-state index is 12.3. The van der Waals surface area contributed by atoms with E-state index in [-0.39, 0.29) is 6.10 Å². The fourth-order valence-corrected chi connectivity index (χ4v) is 2.93. The summed E-state index contributed by atoms with van der Waals surface area (Å²) in [4.78, 5) is 16.4. The molecule has 0 aliphatic carbocycles. The Morgan fingerprint density at radius 3 is 2.50 bits per heavy atom. The Bertz CT molecular complexity index is 696. The van der Waals surface area contributed by atoms with Gasteiger partial charge in [-0.05, 0) is 56.3 Å². The smallest absolute Gasteiger partial charge is 0.357 e. The highest BCUT2D eigenvalue weighted by molar-refractivity contribution is 6.69. The van der Waals surface area contributed by atoms with Gasteiger partial charge in [0.15, 0.2) is 8.32 Å². The van der Waals surface area contributed by atoms with Crippen molar-refractivity contribution in [2.75, 3.05) is 6.61 Å². The standard InChI is InChI=1S/C21H27NO3Si/c1-26(2,3)24-17-9-12-19(15-14-18-10-5-4-6-11-18)25-21(23)20-13-7-8-16-22-20/h4-13,16,19H,14-15,17H2,1-3H3/b12-9-/t19-/m1/s1. The van der Waals surface area contributed by atoms with Gasteiger partial charge in [0.05, 0.1) is 6.61 Å². The normalized spacial score (nSPS) is 12.9. The number of pyridine rings is 1. The van der Waals surface area contributed by atoms with Gasteiger partial charge in [-0.1, -0.05) is 42.5 Å². The van der Waals surface area contributed by atoms with Crippen LogP contribution in [0, 0.1) is 0 Å². The number of ether oxygens (including phenoxy) is 1. The molecular weight excluding hydrogens is 342 g/mol. The molecule has 0 saturated heterocycles. The maximum Gasteiger partial charge on any atom is 0.357 e. The largest absolute Gasteiger partial charge is 0.453 e. The third-order valence-corrected chi connectivity index (χ3v) is 4.69. The summed E-state index contributed by atoms with van der Waals surface area (Å²) in [6.07, 6.45) is 6.69. The highest BCUT2D eigenvalue weighted by atomic mass is 28.4. The maximum atomic E-state index is 12.3. The van der Waals surface area contributed by atoms with Crippen molar-refractivity contribution in [3.8, 4) is 0 Å². The Kier molecular flexibility index (Phi) is 7.75. The number of hydrogen-bond acceptors (Lipinski definition) is 4. The van der Waals surface area contributed by atoms with Crippen LogP contribution in [0.2, 0.25) is 19.6 Å². The molecule has 0 bridgehead atoms. The first-order valence-corrected chi connectivity index (χ1v) is 12.3. The van der Waals surface area contributed by atoms with E-state index in [0.29, 0.717) is 18.7 Å². The van der Waals surface area contributed by atoms with E-state index in [1.54, 1.807) is 24.4 Å². The van der Waals surface area contributed by atoms with Gasteiger partial charge in [0.2, 0.25) is 0 Å². The average molecular weight is 370 g/mol. The van der Waals surface area contributed by atoms with Crippen LogP contribution in [0.25, 0.3) is 0 Å². The molecule has 0 saturated carbocycles. The van der Waals surface area contributed by atoms with Gasteiger partial charge >= 0.3 is 5.97 Å². The van der Waals surface area contributed by atoms with Crippen LogP contribution in [0.1, 0.15) is 22.5 Å². The predicted molar refractivity (Wildman–Crippen MR) is 107 cm³/mol. The number of esters is 1. The second kappa shape index (κ2) is 10.0. The van der Waals surface area contributed by atoms with Crippen LogP contribution in [0.4, 0.5) is 0 Å². The molecule has 4 nitrogen and oxygen atoms in total. The van der Waals surface area contributed by atoms with Crippen LogP contribution in [0.3, 0.4) is 0 Å². The highest BCUT2D eigenvalue weighted by Gasteiger charge is 2.16. The van der Waals surface area contributed by atoms with Gasteiger partial charge in [-0.15, -0.1) is 0 Å². The van der Waals surface area contributed by atoms with E-state index in [2.05, 4.69) is 36.8 Å². The Hall–Kier alpha value is -2.24. The average Bonchev–Trinajstić information content (AvgIpc) is 2.63. The number of nitrogens with zero attached hydrogens (tertiary/aromatic N) is 1. The van der Waals surface area contributed by atoms with Crippen molar-refractivity contribution in [2.45, 2.75) is 38.6 Å². The van der Waals surface area contributed by atoms with Gasteiger partial charge in [0, 0.05) is 6.20 Å². The first-order valence-electron chi connectivity index (χ1n) is 8.90. The van der Waals surface area contributed by atoms with Gasteiger partial charge in [0.25, 0.3) is 0 Å². The highest BCUT2D eigenvalue weighted by Crippen LogP contribution is 2.11. The van der Waals surface area contributed by atoms with Crippen molar-refractivity contribution in [1.29, 1.82) is 0 Å². The van der Waals surface area contributed by atoms with Crippen LogP contribution < -0.4 is 0 Å². The van der Waals surface area contributed by atoms with E-state index in [1.165, 1.54) is 5.56 Å². The minimum atomic E-state index is -1.55. The molecule has 0 radical (unpaired) electrons. The Morgan fingerprint density at radius 2 is 1.85 bits per heavy atom. The lowest BCUT2D eigenvalue weighted by Gasteiger charge is -2.17. The van der Waals surface area contributed by atoms with Crippen molar-refractivity contribution < 1.29 is 14.0 Å². The molecule has 0 aliphatic rings. The second-order valence-electron chi connectivity index (χ2n) is 7.03. The molecule has 2 aromatic rings. The summed E-state index contributed by atoms with van der Waals surface area (Å²) in [6.45, 7) is 6.98. The summed E-state index contributed by atoms with van der Waals surface area (Å²) >= 11 is 0. The van der Waals surface area contributed by atoms with E-state index in [1.807, 2.05) is 30.4 Å². The summed E-state index contributed by atoms with van der Waals surface area (Å²) < 4.78 is 11.5. The molecule has 0 aliphatic heterocycles. The summed E-state index contributed by atoms with van der Waals surface area (Å²) in [5, 5.41) is 0. The lowest BCUT2D eigenvalue weighted by Crippen LogP contribution is -2.25. The Labute approximate surface area is 157 Å². The molecule has 1 aromatic heterocycles. The molecule has 0 unspecified atom stereocenters. The van der Waals surface area contributed by atoms with Crippen molar-refractivity contribution in [3.05, 3.63) is 78.1 Å². The predicted octanol–water partition coefficient (Wildman–Crippen LogP) is 4.65. The van der Waals surface area contributed by atoms with Gasteiger partial charge in [-0.25, -0.2) is 9.78 Å². The minimum Gasteiger partial charge on any atom is -0.453 e. The van der Waals surface area contributed by atoms with Crippen LogP contribution >= 0.6 is 0 Å². The van der Waals surface area contributed by atoms with E-state index in [0.717, 1.165) is 6.42 Å². The van der Waals surface area contributed by atoms with Gasteiger partial charge in [-0.3, -0.25) is 0 Å². The zero-order valence-electron chi connectivity index (χ0n) is 15.7. The number of rotatable bonds is 9. The van der Waals surface area contributed by atoms with E-state index in [4.69, 9.17) is 9.16 Å². The third kappa shape index (κ3) is 7.76. The SMILES string of the molecule is C[Si](C)(C)OC/C=C\[C@H](CCc1ccccc1)OC(=O)c1ccccn1. The van der Waals surface area contributed by atoms with Gasteiger partial charge < -0.3 is 9.16 Å². The van der Waals surface area contributed by atoms with Gasteiger partial charge in [0.1, 0.15) is 11.8 Å². The second-order valence-corrected chi connectivity index (χ2v) is 11.5. The first-order chi connectivity index (χ1) is 12.4. The quantitative estimate of drug-likeness (QED) is 0.367. The first kappa shape index (κ1) is 20.1. The van der Waals surface area contributed by atoms with Crippen LogP contribution in [-0.4, -0.2) is 32.0 Å². The fraction of sp³-hybridized carbons (Fsp3) is 0.333. The van der Waals surface area contributed by atoms with Crippen molar-refractivity contribution in [3.63, 3.8) is 0 Å². The van der Waals surface area contributed by atoms with Crippen LogP contribution in [-0.2, 0) is 15.6 Å². The molecule has 1 atom stereocenters. The number of aryl methyl sites for hydroxylation is 1. The molecule has 5 heteroatoms. The summed E-state index contributed by atoms with van der Waals surface area (Å²) in [5.74, 6) is -0.403. The Balaban J connectivity index is 1.97. The van der Waals surface area contributed by atoms with Crippen molar-refractivity contribution in [1.82, 2.24) is 4.98 Å².